The number of hydrogen-bond acceptors (Lipinski definition) is 2. The van der Waals surface area contributed by atoms with Gasteiger partial charge >= 0.3 is 0 Å². The minimum Gasteiger partial charge on any atom is -0.334 e. The van der Waals surface area contributed by atoms with Crippen molar-refractivity contribution in [2.75, 3.05) is 11.9 Å². The van der Waals surface area contributed by atoms with Crippen molar-refractivity contribution in [2.24, 2.45) is 17.8 Å². The predicted octanol–water partition coefficient (Wildman–Crippen LogP) is 2.36. The zero-order valence-corrected chi connectivity index (χ0v) is 14.4. The number of carbonyl (C=O) groups is 2. The quantitative estimate of drug-likeness (QED) is 0.816. The van der Waals surface area contributed by atoms with Gasteiger partial charge < -0.3 is 10.6 Å². The summed E-state index contributed by atoms with van der Waals surface area (Å²) in [7, 11) is 0. The summed E-state index contributed by atoms with van der Waals surface area (Å²) in [5, 5.41) is 5.27. The van der Waals surface area contributed by atoms with Gasteiger partial charge in [0, 0.05) is 30.5 Å². The van der Waals surface area contributed by atoms with Crippen molar-refractivity contribution in [3.8, 4) is 0 Å². The molecular formula is C20H27N2O2+. The summed E-state index contributed by atoms with van der Waals surface area (Å²) in [6.45, 7) is 2.03. The Kier molecular flexibility index (Phi) is 3.95. The average Bonchev–Trinajstić information content (AvgIpc) is 2.52. The Morgan fingerprint density at radius 2 is 1.75 bits per heavy atom. The van der Waals surface area contributed by atoms with Crippen LogP contribution >= 0.6 is 0 Å². The molecule has 3 N–H and O–H groups in total. The second kappa shape index (κ2) is 5.99. The van der Waals surface area contributed by atoms with Crippen LogP contribution in [0.1, 0.15) is 55.8 Å². The van der Waals surface area contributed by atoms with Gasteiger partial charge in [0.1, 0.15) is 0 Å². The average molecular weight is 327 g/mol. The van der Waals surface area contributed by atoms with Gasteiger partial charge in [0.2, 0.25) is 0 Å². The third-order valence-electron chi connectivity index (χ3n) is 6.36. The topological polar surface area (TPSA) is 62.8 Å². The molecule has 0 spiro atoms. The number of benzene rings is 1. The molecule has 4 fully saturated rings. The van der Waals surface area contributed by atoms with Gasteiger partial charge in [-0.25, -0.2) is 0 Å². The van der Waals surface area contributed by atoms with Gasteiger partial charge in [0.25, 0.3) is 5.91 Å². The maximum Gasteiger partial charge on any atom is 0.279 e. The largest absolute Gasteiger partial charge is 0.334 e. The number of nitrogens with one attached hydrogen (secondary N) is 1. The highest BCUT2D eigenvalue weighted by atomic mass is 16.2. The van der Waals surface area contributed by atoms with E-state index in [0.29, 0.717) is 23.3 Å². The van der Waals surface area contributed by atoms with E-state index in [1.165, 1.54) is 38.5 Å². The molecular weight excluding hydrogens is 300 g/mol. The smallest absolute Gasteiger partial charge is 0.279 e. The number of rotatable bonds is 5. The van der Waals surface area contributed by atoms with Gasteiger partial charge in [-0.15, -0.1) is 0 Å². The molecule has 0 unspecified atom stereocenters. The first-order valence-electron chi connectivity index (χ1n) is 9.26. The van der Waals surface area contributed by atoms with Crippen molar-refractivity contribution < 1.29 is 14.9 Å². The predicted molar refractivity (Wildman–Crippen MR) is 92.8 cm³/mol. The first-order chi connectivity index (χ1) is 11.5. The maximum absolute atomic E-state index is 12.4. The second-order valence-corrected chi connectivity index (χ2v) is 8.37. The number of amides is 1. The SMILES string of the molecule is CC(=O)c1cccc(NC(=O)C[NH2+]C23CC4CC(CC(C4)C2)C3)c1. The third kappa shape index (κ3) is 3.12. The molecule has 5 rings (SSSR count). The maximum atomic E-state index is 12.4. The van der Waals surface area contributed by atoms with E-state index in [2.05, 4.69) is 10.6 Å². The minimum atomic E-state index is 0.0197. The Morgan fingerprint density at radius 1 is 1.12 bits per heavy atom. The summed E-state index contributed by atoms with van der Waals surface area (Å²) in [5.41, 5.74) is 1.68. The summed E-state index contributed by atoms with van der Waals surface area (Å²) >= 11 is 0. The molecule has 0 aliphatic heterocycles. The number of hydrogen-bond donors (Lipinski definition) is 2. The van der Waals surface area contributed by atoms with Crippen LogP contribution < -0.4 is 10.6 Å². The van der Waals surface area contributed by atoms with Crippen molar-refractivity contribution in [3.05, 3.63) is 29.8 Å². The van der Waals surface area contributed by atoms with Gasteiger partial charge in [-0.05, 0) is 56.1 Å². The van der Waals surface area contributed by atoms with Crippen LogP contribution in [-0.4, -0.2) is 23.8 Å². The van der Waals surface area contributed by atoms with Crippen LogP contribution in [0.25, 0.3) is 0 Å². The molecule has 4 aliphatic rings. The number of quaternary nitrogens is 1. The van der Waals surface area contributed by atoms with Gasteiger partial charge in [-0.2, -0.15) is 0 Å². The van der Waals surface area contributed by atoms with Crippen LogP contribution in [0.2, 0.25) is 0 Å². The van der Waals surface area contributed by atoms with E-state index >= 15 is 0 Å². The van der Waals surface area contributed by atoms with Crippen molar-refractivity contribution in [1.82, 2.24) is 0 Å². The molecule has 0 atom stereocenters. The third-order valence-corrected chi connectivity index (χ3v) is 6.36. The van der Waals surface area contributed by atoms with Crippen LogP contribution in [0.4, 0.5) is 5.69 Å². The lowest BCUT2D eigenvalue weighted by atomic mass is 9.53. The highest BCUT2D eigenvalue weighted by Crippen LogP contribution is 2.54. The number of anilines is 1. The first-order valence-corrected chi connectivity index (χ1v) is 9.26. The molecule has 1 amide bonds. The zero-order chi connectivity index (χ0) is 16.7. The van der Waals surface area contributed by atoms with Gasteiger partial charge in [-0.3, -0.25) is 9.59 Å². The number of ketones is 1. The van der Waals surface area contributed by atoms with Crippen LogP contribution in [0.3, 0.4) is 0 Å². The summed E-state index contributed by atoms with van der Waals surface area (Å²) in [5.74, 6) is 2.77. The van der Waals surface area contributed by atoms with E-state index in [9.17, 15) is 9.59 Å². The van der Waals surface area contributed by atoms with Crippen molar-refractivity contribution >= 4 is 17.4 Å². The van der Waals surface area contributed by atoms with Crippen LogP contribution in [0.15, 0.2) is 24.3 Å². The molecule has 128 valence electrons. The molecule has 0 radical (unpaired) electrons. The van der Waals surface area contributed by atoms with Gasteiger partial charge in [-0.1, -0.05) is 12.1 Å². The van der Waals surface area contributed by atoms with Crippen LogP contribution in [0.5, 0.6) is 0 Å². The Hall–Kier alpha value is -1.68. The lowest BCUT2D eigenvalue weighted by Gasteiger charge is -2.54. The molecule has 4 nitrogen and oxygen atoms in total. The van der Waals surface area contributed by atoms with Crippen molar-refractivity contribution in [3.63, 3.8) is 0 Å². The normalized spacial score (nSPS) is 33.5. The van der Waals surface area contributed by atoms with E-state index < -0.39 is 0 Å². The summed E-state index contributed by atoms with van der Waals surface area (Å²) in [6, 6.07) is 7.19. The van der Waals surface area contributed by atoms with Gasteiger partial charge in [0.05, 0.1) is 5.54 Å². The number of carbonyl (C=O) groups excluding carboxylic acids is 2. The van der Waals surface area contributed by atoms with E-state index in [0.717, 1.165) is 17.8 Å². The molecule has 4 saturated carbocycles. The number of Topliss-reactive ketones (excluding diaryl/α,β-unsaturated/α-hetero) is 1. The fraction of sp³-hybridized carbons (Fsp3) is 0.600. The standard InChI is InChI=1S/C20H26N2O2/c1-13(23)17-3-2-4-18(8-17)22-19(24)12-21-20-9-14-5-15(10-20)7-16(6-14)11-20/h2-4,8,14-16,21H,5-7,9-12H2,1H3,(H,22,24)/p+1. The lowest BCUT2D eigenvalue weighted by molar-refractivity contribution is -0.729. The van der Waals surface area contributed by atoms with E-state index in [1.807, 2.05) is 12.1 Å². The van der Waals surface area contributed by atoms with Crippen molar-refractivity contribution in [2.45, 2.75) is 51.0 Å². The minimum absolute atomic E-state index is 0.0197. The van der Waals surface area contributed by atoms with Crippen molar-refractivity contribution in [1.29, 1.82) is 0 Å². The highest BCUT2D eigenvalue weighted by Gasteiger charge is 2.53. The Labute approximate surface area is 143 Å². The summed E-state index contributed by atoms with van der Waals surface area (Å²) < 4.78 is 0. The van der Waals surface area contributed by atoms with E-state index in [4.69, 9.17) is 0 Å². The number of nitrogens with two attached hydrogens (primary N) is 1. The molecule has 4 aliphatic carbocycles. The molecule has 4 heteroatoms. The van der Waals surface area contributed by atoms with E-state index in [1.54, 1.807) is 19.1 Å². The van der Waals surface area contributed by atoms with Gasteiger partial charge in [0.15, 0.2) is 12.3 Å². The molecule has 0 saturated heterocycles. The lowest BCUT2D eigenvalue weighted by Crippen LogP contribution is -3.00. The molecule has 4 bridgehead atoms. The Balaban J connectivity index is 1.35. The summed E-state index contributed by atoms with van der Waals surface area (Å²) in [4.78, 5) is 23.8. The highest BCUT2D eigenvalue weighted by molar-refractivity contribution is 5.97. The van der Waals surface area contributed by atoms with Crippen LogP contribution in [0, 0.1) is 17.8 Å². The monoisotopic (exact) mass is 327 g/mol. The molecule has 0 aromatic heterocycles. The second-order valence-electron chi connectivity index (χ2n) is 8.37. The first kappa shape index (κ1) is 15.8. The molecule has 24 heavy (non-hydrogen) atoms. The molecule has 1 aromatic carbocycles. The van der Waals surface area contributed by atoms with Crippen LogP contribution in [-0.2, 0) is 4.79 Å². The Bertz CT molecular complexity index is 632. The molecule has 1 aromatic rings. The van der Waals surface area contributed by atoms with E-state index in [-0.39, 0.29) is 11.7 Å². The fourth-order valence-corrected chi connectivity index (χ4v) is 5.76. The Morgan fingerprint density at radius 3 is 2.33 bits per heavy atom. The molecule has 0 heterocycles. The fourth-order valence-electron chi connectivity index (χ4n) is 5.76. The summed E-state index contributed by atoms with van der Waals surface area (Å²) in [6.07, 6.45) is 8.18. The zero-order valence-electron chi connectivity index (χ0n) is 14.4.